The lowest BCUT2D eigenvalue weighted by molar-refractivity contribution is -0.163. The van der Waals surface area contributed by atoms with E-state index in [2.05, 4.69) is 20.8 Å². The fourth-order valence-electron chi connectivity index (χ4n) is 0.383. The van der Waals surface area contributed by atoms with Gasteiger partial charge < -0.3 is 13.9 Å². The molecule has 3 nitrogen and oxygen atoms in total. The highest BCUT2D eigenvalue weighted by molar-refractivity contribution is 5.98. The summed E-state index contributed by atoms with van der Waals surface area (Å²) in [4.78, 5) is 0. The van der Waals surface area contributed by atoms with E-state index in [1.54, 1.807) is 0 Å². The molecule has 0 rings (SSSR count). The van der Waals surface area contributed by atoms with Crippen molar-refractivity contribution in [3.05, 3.63) is 0 Å². The molecule has 0 aromatic carbocycles. The van der Waals surface area contributed by atoms with Crippen molar-refractivity contribution in [1.29, 1.82) is 0 Å². The Kier molecular flexibility index (Phi) is 8.59. The molecule has 0 bridgehead atoms. The van der Waals surface area contributed by atoms with E-state index in [4.69, 9.17) is 13.9 Å². The van der Waals surface area contributed by atoms with E-state index in [9.17, 15) is 0 Å². The predicted octanol–water partition coefficient (Wildman–Crippen LogP) is 2.66. The maximum atomic E-state index is 5.38. The minimum atomic E-state index is -0.106. The molecule has 0 atom stereocenters. The van der Waals surface area contributed by atoms with Gasteiger partial charge >= 0.3 is 0 Å². The zero-order chi connectivity index (χ0) is 14.3. The summed E-state index contributed by atoms with van der Waals surface area (Å²) in [7, 11) is 0.848. The van der Waals surface area contributed by atoms with Gasteiger partial charge in [0.1, 0.15) is 17.3 Å². The van der Waals surface area contributed by atoms with Crippen LogP contribution in [0.25, 0.3) is 0 Å². The van der Waals surface area contributed by atoms with Gasteiger partial charge in [0, 0.05) is 5.60 Å². The van der Waals surface area contributed by atoms with E-state index >= 15 is 0 Å². The quantitative estimate of drug-likeness (QED) is 0.567. The smallest absolute Gasteiger partial charge is 0.148 e. The van der Waals surface area contributed by atoms with E-state index in [0.717, 1.165) is 10.5 Å². The van der Waals surface area contributed by atoms with Crippen molar-refractivity contribution in [3.8, 4) is 0 Å². The first kappa shape index (κ1) is 19.4. The summed E-state index contributed by atoms with van der Waals surface area (Å²) in [6.45, 7) is 18.6. The van der Waals surface area contributed by atoms with Crippen molar-refractivity contribution >= 4 is 10.5 Å². The molecule has 0 aliphatic heterocycles. The van der Waals surface area contributed by atoms with Gasteiger partial charge in [0.2, 0.25) is 0 Å². The predicted molar refractivity (Wildman–Crippen MR) is 77.3 cm³/mol. The second-order valence-electron chi connectivity index (χ2n) is 6.95. The third kappa shape index (κ3) is 26.0. The van der Waals surface area contributed by atoms with E-state index < -0.39 is 0 Å². The molecular formula is C13H32O3Si. The Labute approximate surface area is 111 Å². The monoisotopic (exact) mass is 264 g/mol. The summed E-state index contributed by atoms with van der Waals surface area (Å²) in [6, 6.07) is 0. The number of rotatable bonds is 2. The van der Waals surface area contributed by atoms with Crippen LogP contribution in [-0.2, 0) is 13.9 Å². The topological polar surface area (TPSA) is 27.7 Å². The van der Waals surface area contributed by atoms with Gasteiger partial charge in [-0.3, -0.25) is 0 Å². The van der Waals surface area contributed by atoms with E-state index in [1.807, 2.05) is 41.5 Å². The molecule has 0 saturated heterocycles. The third-order valence-electron chi connectivity index (χ3n) is 1.60. The van der Waals surface area contributed by atoms with Crippen LogP contribution >= 0.6 is 0 Å². The minimum Gasteiger partial charge on any atom is -0.423 e. The number of hydrogen-bond acceptors (Lipinski definition) is 3. The van der Waals surface area contributed by atoms with Crippen molar-refractivity contribution in [2.45, 2.75) is 79.1 Å². The maximum Gasteiger partial charge on any atom is 0.148 e. The molecule has 0 amide bonds. The Morgan fingerprint density at radius 3 is 1.00 bits per heavy atom. The first-order valence-electron chi connectivity index (χ1n) is 6.10. The Bertz CT molecular complexity index is 170. The van der Waals surface area contributed by atoms with Crippen molar-refractivity contribution < 1.29 is 13.9 Å². The molecule has 17 heavy (non-hydrogen) atoms. The molecule has 0 aromatic rings. The molecule has 0 saturated carbocycles. The Morgan fingerprint density at radius 2 is 0.882 bits per heavy atom. The summed E-state index contributed by atoms with van der Waals surface area (Å²) >= 11 is 0. The molecule has 0 radical (unpaired) electrons. The average molecular weight is 264 g/mol. The number of hydrogen-bond donors (Lipinski definition) is 0. The van der Waals surface area contributed by atoms with Gasteiger partial charge in [-0.15, -0.1) is 0 Å². The van der Waals surface area contributed by atoms with E-state index in [1.165, 1.54) is 0 Å². The zero-order valence-electron chi connectivity index (χ0n) is 13.4. The molecule has 0 aliphatic rings. The lowest BCUT2D eigenvalue weighted by Gasteiger charge is -2.24. The van der Waals surface area contributed by atoms with Crippen molar-refractivity contribution in [3.63, 3.8) is 0 Å². The van der Waals surface area contributed by atoms with Crippen LogP contribution < -0.4 is 0 Å². The molecule has 0 spiro atoms. The van der Waals surface area contributed by atoms with Crippen molar-refractivity contribution in [1.82, 2.24) is 0 Å². The second-order valence-corrected chi connectivity index (χ2v) is 7.36. The fourth-order valence-corrected chi connectivity index (χ4v) is 0.383. The molecule has 0 unspecified atom stereocenters. The van der Waals surface area contributed by atoms with Crippen LogP contribution in [0.2, 0.25) is 0 Å². The molecule has 0 fully saturated rings. The van der Waals surface area contributed by atoms with E-state index in [0.29, 0.717) is 6.79 Å². The van der Waals surface area contributed by atoms with Gasteiger partial charge in [0.05, 0.1) is 11.2 Å². The molecule has 0 heterocycles. The van der Waals surface area contributed by atoms with Gasteiger partial charge in [-0.05, 0) is 62.3 Å². The molecule has 0 aromatic heterocycles. The largest absolute Gasteiger partial charge is 0.423 e. The van der Waals surface area contributed by atoms with Crippen LogP contribution in [0, 0.1) is 0 Å². The Morgan fingerprint density at radius 1 is 0.647 bits per heavy atom. The van der Waals surface area contributed by atoms with Crippen molar-refractivity contribution in [2.24, 2.45) is 0 Å². The van der Waals surface area contributed by atoms with Crippen LogP contribution in [0.1, 0.15) is 62.3 Å². The molecule has 0 aliphatic carbocycles. The second kappa shape index (κ2) is 7.51. The first-order chi connectivity index (χ1) is 7.27. The van der Waals surface area contributed by atoms with Gasteiger partial charge in [-0.1, -0.05) is 0 Å². The third-order valence-corrected chi connectivity index (χ3v) is 2.82. The summed E-state index contributed by atoms with van der Waals surface area (Å²) in [5.41, 5.74) is -0.108. The summed E-state index contributed by atoms with van der Waals surface area (Å²) < 4.78 is 15.8. The van der Waals surface area contributed by atoms with Crippen LogP contribution in [0.4, 0.5) is 0 Å². The van der Waals surface area contributed by atoms with Crippen LogP contribution in [0.3, 0.4) is 0 Å². The maximum absolute atomic E-state index is 5.38. The summed E-state index contributed by atoms with van der Waals surface area (Å²) in [5.74, 6) is 0. The first-order valence-corrected chi connectivity index (χ1v) is 6.91. The Hall–Kier alpha value is 0.0969. The van der Waals surface area contributed by atoms with Crippen molar-refractivity contribution in [2.75, 3.05) is 6.79 Å². The lowest BCUT2D eigenvalue weighted by Crippen LogP contribution is -2.26. The molecule has 106 valence electrons. The fraction of sp³-hybridized carbons (Fsp3) is 1.00. The number of ether oxygens (including phenoxy) is 2. The van der Waals surface area contributed by atoms with Gasteiger partial charge in [0.15, 0.2) is 0 Å². The zero-order valence-corrected chi connectivity index (χ0v) is 15.4. The highest BCUT2D eigenvalue weighted by Gasteiger charge is 2.14. The normalized spacial score (nSPS) is 13.2. The SMILES string of the molecule is CC(C)(C)OCOC(C)(C)C.CC(C)(C)O[SiH3]. The van der Waals surface area contributed by atoms with Gasteiger partial charge in [-0.2, -0.15) is 0 Å². The average Bonchev–Trinajstić information content (AvgIpc) is 1.98. The summed E-state index contributed by atoms with van der Waals surface area (Å²) in [5, 5.41) is 0. The highest BCUT2D eigenvalue weighted by atomic mass is 28.2. The van der Waals surface area contributed by atoms with Crippen LogP contribution in [0.5, 0.6) is 0 Å². The van der Waals surface area contributed by atoms with E-state index in [-0.39, 0.29) is 16.8 Å². The lowest BCUT2D eigenvalue weighted by atomic mass is 10.2. The Balaban J connectivity index is 0. The standard InChI is InChI=1S/C9H20O2.C4H12OSi/c1-8(2,3)10-7-11-9(4,5)6;1-4(2,3)5-6/h7H2,1-6H3;1-3,6H3. The minimum absolute atomic E-state index is 0.103. The van der Waals surface area contributed by atoms with Gasteiger partial charge in [0.25, 0.3) is 0 Å². The van der Waals surface area contributed by atoms with Gasteiger partial charge in [-0.25, -0.2) is 0 Å². The molecule has 0 N–H and O–H groups in total. The van der Waals surface area contributed by atoms with Crippen LogP contribution in [0.15, 0.2) is 0 Å². The van der Waals surface area contributed by atoms with Crippen LogP contribution in [-0.4, -0.2) is 34.1 Å². The highest BCUT2D eigenvalue weighted by Crippen LogP contribution is 2.11. The molecular weight excluding hydrogens is 232 g/mol. The summed E-state index contributed by atoms with van der Waals surface area (Å²) in [6.07, 6.45) is 0. The molecule has 4 heteroatoms.